The highest BCUT2D eigenvalue weighted by molar-refractivity contribution is 6.76. The van der Waals surface area contributed by atoms with Gasteiger partial charge in [-0.3, -0.25) is 14.7 Å². The molecule has 10 heteroatoms. The zero-order valence-electron chi connectivity index (χ0n) is 15.4. The van der Waals surface area contributed by atoms with Crippen LogP contribution in [0, 0.1) is 10.1 Å². The molecule has 0 spiro atoms. The molecule has 0 aliphatic heterocycles. The Morgan fingerprint density at radius 1 is 1.35 bits per heavy atom. The van der Waals surface area contributed by atoms with Crippen molar-refractivity contribution in [3.63, 3.8) is 0 Å². The van der Waals surface area contributed by atoms with Gasteiger partial charge in [0.05, 0.1) is 23.1 Å². The van der Waals surface area contributed by atoms with Gasteiger partial charge in [0.1, 0.15) is 6.73 Å². The van der Waals surface area contributed by atoms with E-state index in [4.69, 9.17) is 9.47 Å². The average Bonchev–Trinajstić information content (AvgIpc) is 2.92. The lowest BCUT2D eigenvalue weighted by Crippen LogP contribution is -2.22. The molecule has 0 saturated carbocycles. The van der Waals surface area contributed by atoms with Crippen LogP contribution in [0.3, 0.4) is 0 Å². The van der Waals surface area contributed by atoms with Crippen LogP contribution < -0.4 is 4.74 Å². The number of hydrogen-bond donors (Lipinski definition) is 0. The number of methoxy groups -OCH3 is 1. The lowest BCUT2D eigenvalue weighted by molar-refractivity contribution is -0.384. The van der Waals surface area contributed by atoms with Gasteiger partial charge >= 0.3 is 5.97 Å². The Morgan fingerprint density at radius 2 is 2.08 bits per heavy atom. The normalized spacial score (nSPS) is 11.5. The standard InChI is InChI=1S/C16H23N3O6Si/c1-23-15(20)10-25-16-17-13-6-5-12(19(21)22)9-14(13)18(16)11-24-7-8-26(2,3)4/h5-6,9H,7-8,10-11H2,1-4H3. The second-order valence-electron chi connectivity index (χ2n) is 6.97. The van der Waals surface area contributed by atoms with Crippen molar-refractivity contribution >= 4 is 30.8 Å². The number of imidazole rings is 1. The molecule has 0 aliphatic rings. The third-order valence-electron chi connectivity index (χ3n) is 3.67. The molecule has 1 aromatic carbocycles. The van der Waals surface area contributed by atoms with E-state index in [-0.39, 0.29) is 25.0 Å². The second kappa shape index (κ2) is 8.28. The first kappa shape index (κ1) is 19.9. The third kappa shape index (κ3) is 5.26. The Balaban J connectivity index is 2.26. The smallest absolute Gasteiger partial charge is 0.344 e. The van der Waals surface area contributed by atoms with Gasteiger partial charge in [0, 0.05) is 26.8 Å². The number of rotatable bonds is 9. The van der Waals surface area contributed by atoms with Crippen LogP contribution in [-0.4, -0.2) is 48.8 Å². The van der Waals surface area contributed by atoms with E-state index < -0.39 is 19.0 Å². The summed E-state index contributed by atoms with van der Waals surface area (Å²) in [4.78, 5) is 26.2. The van der Waals surface area contributed by atoms with E-state index >= 15 is 0 Å². The molecular formula is C16H23N3O6Si. The summed E-state index contributed by atoms with van der Waals surface area (Å²) in [6.45, 7) is 7.13. The van der Waals surface area contributed by atoms with Gasteiger partial charge in [-0.25, -0.2) is 4.79 Å². The number of nitro benzene ring substituents is 1. The van der Waals surface area contributed by atoms with Gasteiger partial charge in [0.25, 0.3) is 11.7 Å². The number of non-ortho nitro benzene ring substituents is 1. The summed E-state index contributed by atoms with van der Waals surface area (Å²) in [5.41, 5.74) is 0.969. The minimum Gasteiger partial charge on any atom is -0.466 e. The molecule has 1 aromatic heterocycles. The summed E-state index contributed by atoms with van der Waals surface area (Å²) < 4.78 is 17.3. The topological polar surface area (TPSA) is 106 Å². The molecule has 0 atom stereocenters. The minimum atomic E-state index is -1.24. The van der Waals surface area contributed by atoms with E-state index in [9.17, 15) is 14.9 Å². The van der Waals surface area contributed by atoms with Crippen molar-refractivity contribution in [2.24, 2.45) is 0 Å². The second-order valence-corrected chi connectivity index (χ2v) is 12.6. The number of esters is 1. The van der Waals surface area contributed by atoms with E-state index in [0.717, 1.165) is 6.04 Å². The summed E-state index contributed by atoms with van der Waals surface area (Å²) in [6, 6.07) is 5.46. The fourth-order valence-corrected chi connectivity index (χ4v) is 2.91. The summed E-state index contributed by atoms with van der Waals surface area (Å²) in [5, 5.41) is 11.0. The van der Waals surface area contributed by atoms with Crippen LogP contribution in [0.1, 0.15) is 0 Å². The Kier molecular flexibility index (Phi) is 6.32. The molecule has 0 saturated heterocycles. The van der Waals surface area contributed by atoms with E-state index in [1.807, 2.05) is 0 Å². The highest BCUT2D eigenvalue weighted by Crippen LogP contribution is 2.26. The zero-order chi connectivity index (χ0) is 19.3. The molecule has 0 bridgehead atoms. The molecule has 2 rings (SSSR count). The molecule has 9 nitrogen and oxygen atoms in total. The number of fused-ring (bicyclic) bond motifs is 1. The lowest BCUT2D eigenvalue weighted by Gasteiger charge is -2.16. The predicted octanol–water partition coefficient (Wildman–Crippen LogP) is 2.81. The third-order valence-corrected chi connectivity index (χ3v) is 5.38. The largest absolute Gasteiger partial charge is 0.466 e. The lowest BCUT2D eigenvalue weighted by atomic mass is 10.3. The molecule has 0 unspecified atom stereocenters. The number of benzene rings is 1. The first-order valence-corrected chi connectivity index (χ1v) is 11.8. The van der Waals surface area contributed by atoms with Crippen molar-refractivity contribution in [2.45, 2.75) is 32.4 Å². The van der Waals surface area contributed by atoms with E-state index in [1.54, 1.807) is 4.57 Å². The first-order valence-electron chi connectivity index (χ1n) is 8.13. The maximum Gasteiger partial charge on any atom is 0.344 e. The number of aromatic nitrogens is 2. The van der Waals surface area contributed by atoms with Crippen LogP contribution in [0.25, 0.3) is 11.0 Å². The number of nitro groups is 1. The SMILES string of the molecule is COC(=O)COc1nc2ccc([N+](=O)[O-])cc2n1COCC[Si](C)(C)C. The Hall–Kier alpha value is -2.46. The number of carbonyl (C=O) groups is 1. The number of nitrogens with zero attached hydrogens (tertiary/aromatic N) is 3. The van der Waals surface area contributed by atoms with Gasteiger partial charge in [-0.1, -0.05) is 19.6 Å². The van der Waals surface area contributed by atoms with Gasteiger partial charge in [0.15, 0.2) is 6.61 Å². The van der Waals surface area contributed by atoms with Gasteiger partial charge in [-0.05, 0) is 12.1 Å². The molecule has 2 aromatic rings. The maximum atomic E-state index is 11.3. The Labute approximate surface area is 152 Å². The summed E-state index contributed by atoms with van der Waals surface area (Å²) in [7, 11) is 0.0244. The van der Waals surface area contributed by atoms with Gasteiger partial charge in [0.2, 0.25) is 0 Å². The summed E-state index contributed by atoms with van der Waals surface area (Å²) >= 11 is 0. The molecule has 1 heterocycles. The molecule has 26 heavy (non-hydrogen) atoms. The predicted molar refractivity (Wildman–Crippen MR) is 98.0 cm³/mol. The molecule has 0 aliphatic carbocycles. The van der Waals surface area contributed by atoms with Crippen LogP contribution in [-0.2, 0) is 21.0 Å². The highest BCUT2D eigenvalue weighted by atomic mass is 28.3. The van der Waals surface area contributed by atoms with Crippen molar-refractivity contribution in [1.29, 1.82) is 0 Å². The highest BCUT2D eigenvalue weighted by Gasteiger charge is 2.18. The van der Waals surface area contributed by atoms with Crippen molar-refractivity contribution < 1.29 is 23.9 Å². The monoisotopic (exact) mass is 381 g/mol. The first-order chi connectivity index (χ1) is 12.2. The van der Waals surface area contributed by atoms with Gasteiger partial charge < -0.3 is 14.2 Å². The van der Waals surface area contributed by atoms with E-state index in [2.05, 4.69) is 29.4 Å². The molecule has 0 N–H and O–H groups in total. The van der Waals surface area contributed by atoms with Crippen LogP contribution in [0.4, 0.5) is 5.69 Å². The van der Waals surface area contributed by atoms with Crippen molar-refractivity contribution in [1.82, 2.24) is 9.55 Å². The molecular weight excluding hydrogens is 358 g/mol. The Bertz CT molecular complexity index is 799. The number of hydrogen-bond acceptors (Lipinski definition) is 7. The molecule has 0 fully saturated rings. The fraction of sp³-hybridized carbons (Fsp3) is 0.500. The van der Waals surface area contributed by atoms with E-state index in [1.165, 1.54) is 25.3 Å². The van der Waals surface area contributed by atoms with E-state index in [0.29, 0.717) is 17.6 Å². The minimum absolute atomic E-state index is 0.0553. The average molecular weight is 381 g/mol. The molecule has 0 radical (unpaired) electrons. The van der Waals surface area contributed by atoms with Crippen LogP contribution in [0.2, 0.25) is 25.7 Å². The van der Waals surface area contributed by atoms with Crippen molar-refractivity contribution in [3.8, 4) is 6.01 Å². The quantitative estimate of drug-likeness (QED) is 0.216. The Morgan fingerprint density at radius 3 is 2.69 bits per heavy atom. The number of ether oxygens (including phenoxy) is 3. The summed E-state index contributed by atoms with van der Waals surface area (Å²) in [6.07, 6.45) is 0. The van der Waals surface area contributed by atoms with Crippen LogP contribution in [0.5, 0.6) is 6.01 Å². The van der Waals surface area contributed by atoms with Crippen LogP contribution >= 0.6 is 0 Å². The maximum absolute atomic E-state index is 11.3. The fourth-order valence-electron chi connectivity index (χ4n) is 2.15. The number of carbonyl (C=O) groups excluding carboxylic acids is 1. The van der Waals surface area contributed by atoms with Crippen molar-refractivity contribution in [3.05, 3.63) is 28.3 Å². The van der Waals surface area contributed by atoms with Gasteiger partial charge in [-0.15, -0.1) is 0 Å². The van der Waals surface area contributed by atoms with Crippen molar-refractivity contribution in [2.75, 3.05) is 20.3 Å². The molecule has 142 valence electrons. The molecule has 0 amide bonds. The van der Waals surface area contributed by atoms with Crippen LogP contribution in [0.15, 0.2) is 18.2 Å². The van der Waals surface area contributed by atoms with Gasteiger partial charge in [-0.2, -0.15) is 4.98 Å². The summed E-state index contributed by atoms with van der Waals surface area (Å²) in [5.74, 6) is -0.547. The zero-order valence-corrected chi connectivity index (χ0v) is 16.4.